The van der Waals surface area contributed by atoms with Crippen molar-refractivity contribution in [3.63, 3.8) is 0 Å². The highest BCUT2D eigenvalue weighted by Crippen LogP contribution is 2.16. The van der Waals surface area contributed by atoms with Gasteiger partial charge in [-0.2, -0.15) is 0 Å². The summed E-state index contributed by atoms with van der Waals surface area (Å²) in [6.45, 7) is 3.68. The largest absolute Gasteiger partial charge is 0.494 e. The van der Waals surface area contributed by atoms with E-state index in [-0.39, 0.29) is 31.4 Å². The molecule has 0 radical (unpaired) electrons. The summed E-state index contributed by atoms with van der Waals surface area (Å²) in [6.07, 6.45) is 0.164. The summed E-state index contributed by atoms with van der Waals surface area (Å²) >= 11 is 0. The number of carbonyl (C=O) groups is 2. The van der Waals surface area contributed by atoms with E-state index in [2.05, 4.69) is 0 Å². The molecule has 0 unspecified atom stereocenters. The number of aliphatic carboxylic acids is 1. The zero-order valence-electron chi connectivity index (χ0n) is 12.7. The summed E-state index contributed by atoms with van der Waals surface area (Å²) < 4.78 is 10.6. The van der Waals surface area contributed by atoms with Crippen LogP contribution in [0.4, 0.5) is 0 Å². The number of ether oxygens (including phenoxy) is 2. The van der Waals surface area contributed by atoms with Crippen molar-refractivity contribution >= 4 is 11.9 Å². The van der Waals surface area contributed by atoms with Gasteiger partial charge in [0.05, 0.1) is 38.7 Å². The molecule has 1 saturated heterocycles. The van der Waals surface area contributed by atoms with Crippen LogP contribution in [0.1, 0.15) is 18.9 Å². The number of carbonyl (C=O) groups excluding carboxylic acids is 1. The molecule has 1 aliphatic heterocycles. The smallest absolute Gasteiger partial charge is 0.305 e. The predicted molar refractivity (Wildman–Crippen MR) is 79.9 cm³/mol. The van der Waals surface area contributed by atoms with Crippen LogP contribution >= 0.6 is 0 Å². The Bertz CT molecular complexity index is 514. The van der Waals surface area contributed by atoms with Gasteiger partial charge in [-0.1, -0.05) is 12.1 Å². The molecule has 6 heteroatoms. The first-order valence-electron chi connectivity index (χ1n) is 7.41. The van der Waals surface area contributed by atoms with Crippen LogP contribution in [0.15, 0.2) is 24.3 Å². The summed E-state index contributed by atoms with van der Waals surface area (Å²) in [5.41, 5.74) is 0.883. The lowest BCUT2D eigenvalue weighted by atomic mass is 10.1. The van der Waals surface area contributed by atoms with Gasteiger partial charge in [-0.05, 0) is 24.6 Å². The molecule has 0 aliphatic carbocycles. The van der Waals surface area contributed by atoms with Crippen molar-refractivity contribution < 1.29 is 24.2 Å². The number of carboxylic acids is 1. The minimum atomic E-state index is -0.922. The number of benzene rings is 1. The fourth-order valence-electron chi connectivity index (χ4n) is 2.50. The maximum atomic E-state index is 12.4. The van der Waals surface area contributed by atoms with E-state index in [4.69, 9.17) is 14.6 Å². The molecule has 0 aromatic heterocycles. The second-order valence-corrected chi connectivity index (χ2v) is 5.17. The van der Waals surface area contributed by atoms with Crippen molar-refractivity contribution in [1.82, 2.24) is 4.90 Å². The number of morpholine rings is 1. The summed E-state index contributed by atoms with van der Waals surface area (Å²) in [5.74, 6) is -0.220. The van der Waals surface area contributed by atoms with E-state index in [1.807, 2.05) is 31.2 Å². The van der Waals surface area contributed by atoms with Gasteiger partial charge in [0.2, 0.25) is 5.91 Å². The SMILES string of the molecule is CCOc1ccc(CC(=O)N2CCOC[C@H]2CC(=O)O)cc1. The molecule has 1 aromatic rings. The lowest BCUT2D eigenvalue weighted by molar-refractivity contribution is -0.145. The number of carboxylic acid groups (broad SMARTS) is 1. The zero-order chi connectivity index (χ0) is 15.9. The van der Waals surface area contributed by atoms with Gasteiger partial charge in [0.25, 0.3) is 0 Å². The molecule has 0 bridgehead atoms. The summed E-state index contributed by atoms with van der Waals surface area (Å²) in [6, 6.07) is 6.99. The number of rotatable bonds is 6. The predicted octanol–water partition coefficient (Wildman–Crippen LogP) is 1.33. The molecular formula is C16H21NO5. The van der Waals surface area contributed by atoms with Gasteiger partial charge in [-0.15, -0.1) is 0 Å². The fourth-order valence-corrected chi connectivity index (χ4v) is 2.50. The van der Waals surface area contributed by atoms with Gasteiger partial charge in [-0.25, -0.2) is 0 Å². The highest BCUT2D eigenvalue weighted by atomic mass is 16.5. The third-order valence-corrected chi connectivity index (χ3v) is 3.55. The normalized spacial score (nSPS) is 18.0. The van der Waals surface area contributed by atoms with Crippen LogP contribution in [0.5, 0.6) is 5.75 Å². The van der Waals surface area contributed by atoms with Crippen LogP contribution in [-0.2, 0) is 20.7 Å². The maximum Gasteiger partial charge on any atom is 0.305 e. The minimum Gasteiger partial charge on any atom is -0.494 e. The Morgan fingerprint density at radius 3 is 2.73 bits per heavy atom. The Hall–Kier alpha value is -2.08. The Labute approximate surface area is 129 Å². The Morgan fingerprint density at radius 1 is 1.36 bits per heavy atom. The van der Waals surface area contributed by atoms with Gasteiger partial charge in [0, 0.05) is 6.54 Å². The Morgan fingerprint density at radius 2 is 2.09 bits per heavy atom. The second-order valence-electron chi connectivity index (χ2n) is 5.17. The van der Waals surface area contributed by atoms with Crippen LogP contribution in [0.3, 0.4) is 0 Å². The first-order valence-corrected chi connectivity index (χ1v) is 7.41. The molecule has 0 spiro atoms. The highest BCUT2D eigenvalue weighted by Gasteiger charge is 2.28. The first kappa shape index (κ1) is 16.3. The van der Waals surface area contributed by atoms with Crippen LogP contribution in [0.25, 0.3) is 0 Å². The lowest BCUT2D eigenvalue weighted by Gasteiger charge is -2.35. The second kappa shape index (κ2) is 7.79. The highest BCUT2D eigenvalue weighted by molar-refractivity contribution is 5.80. The van der Waals surface area contributed by atoms with Gasteiger partial charge in [0.1, 0.15) is 5.75 Å². The Balaban J connectivity index is 1.98. The lowest BCUT2D eigenvalue weighted by Crippen LogP contribution is -2.50. The van der Waals surface area contributed by atoms with E-state index in [0.717, 1.165) is 11.3 Å². The van der Waals surface area contributed by atoms with Crippen LogP contribution in [0, 0.1) is 0 Å². The summed E-state index contributed by atoms with van der Waals surface area (Å²) in [7, 11) is 0. The van der Waals surface area contributed by atoms with Crippen molar-refractivity contribution in [2.24, 2.45) is 0 Å². The topological polar surface area (TPSA) is 76.1 Å². The summed E-state index contributed by atoms with van der Waals surface area (Å²) in [4.78, 5) is 24.9. The molecule has 1 aromatic carbocycles. The van der Waals surface area contributed by atoms with E-state index < -0.39 is 5.97 Å². The molecule has 1 N–H and O–H groups in total. The van der Waals surface area contributed by atoms with Crippen LogP contribution in [-0.4, -0.2) is 54.3 Å². The fraction of sp³-hybridized carbons (Fsp3) is 0.500. The molecule has 0 saturated carbocycles. The van der Waals surface area contributed by atoms with Gasteiger partial charge < -0.3 is 19.5 Å². The Kier molecular flexibility index (Phi) is 5.77. The molecule has 1 amide bonds. The van der Waals surface area contributed by atoms with Gasteiger partial charge in [-0.3, -0.25) is 9.59 Å². The standard InChI is InChI=1S/C16H21NO5/c1-2-22-14-5-3-12(4-6-14)9-15(18)17-7-8-21-11-13(17)10-16(19)20/h3-6,13H,2,7-11H2,1H3,(H,19,20)/t13-/m1/s1. The van der Waals surface area contributed by atoms with Crippen molar-refractivity contribution in [2.75, 3.05) is 26.4 Å². The van der Waals surface area contributed by atoms with Crippen LogP contribution in [0.2, 0.25) is 0 Å². The molecule has 1 fully saturated rings. The number of hydrogen-bond acceptors (Lipinski definition) is 4. The van der Waals surface area contributed by atoms with Crippen molar-refractivity contribution in [2.45, 2.75) is 25.8 Å². The van der Waals surface area contributed by atoms with Crippen molar-refractivity contribution in [1.29, 1.82) is 0 Å². The van der Waals surface area contributed by atoms with Crippen LogP contribution < -0.4 is 4.74 Å². The van der Waals surface area contributed by atoms with Gasteiger partial charge in [0.15, 0.2) is 0 Å². The molecule has 1 atom stereocenters. The average molecular weight is 307 g/mol. The summed E-state index contributed by atoms with van der Waals surface area (Å²) in [5, 5.41) is 8.93. The van der Waals surface area contributed by atoms with E-state index in [9.17, 15) is 9.59 Å². The van der Waals surface area contributed by atoms with Crippen molar-refractivity contribution in [3.8, 4) is 5.75 Å². The molecular weight excluding hydrogens is 286 g/mol. The van der Waals surface area contributed by atoms with E-state index in [1.165, 1.54) is 0 Å². The monoisotopic (exact) mass is 307 g/mol. The third kappa shape index (κ3) is 4.46. The third-order valence-electron chi connectivity index (χ3n) is 3.55. The van der Waals surface area contributed by atoms with E-state index >= 15 is 0 Å². The molecule has 22 heavy (non-hydrogen) atoms. The number of nitrogens with zero attached hydrogens (tertiary/aromatic N) is 1. The zero-order valence-corrected chi connectivity index (χ0v) is 12.7. The number of amides is 1. The molecule has 6 nitrogen and oxygen atoms in total. The quantitative estimate of drug-likeness (QED) is 0.858. The van der Waals surface area contributed by atoms with Crippen molar-refractivity contribution in [3.05, 3.63) is 29.8 Å². The van der Waals surface area contributed by atoms with E-state index in [1.54, 1.807) is 4.90 Å². The van der Waals surface area contributed by atoms with E-state index in [0.29, 0.717) is 19.8 Å². The molecule has 120 valence electrons. The molecule has 2 rings (SSSR count). The van der Waals surface area contributed by atoms with Gasteiger partial charge >= 0.3 is 5.97 Å². The molecule has 1 aliphatic rings. The maximum absolute atomic E-state index is 12.4. The first-order chi connectivity index (χ1) is 10.6. The average Bonchev–Trinajstić information content (AvgIpc) is 2.49. The molecule has 1 heterocycles. The minimum absolute atomic E-state index is 0.0706. The number of hydrogen-bond donors (Lipinski definition) is 1.